The van der Waals surface area contributed by atoms with E-state index in [0.29, 0.717) is 0 Å². The van der Waals surface area contributed by atoms with Gasteiger partial charge in [0.05, 0.1) is 29.0 Å². The van der Waals surface area contributed by atoms with Crippen LogP contribution in [0.25, 0.3) is 11.4 Å². The highest BCUT2D eigenvalue weighted by molar-refractivity contribution is 5.69. The third-order valence-electron chi connectivity index (χ3n) is 5.40. The number of rotatable bonds is 4. The van der Waals surface area contributed by atoms with Crippen LogP contribution in [0.1, 0.15) is 5.69 Å². The molecule has 1 N–H and O–H groups in total. The summed E-state index contributed by atoms with van der Waals surface area (Å²) in [5.74, 6) is 0.992. The fraction of sp³-hybridized carbons (Fsp3) is 0.227. The lowest BCUT2D eigenvalue weighted by molar-refractivity contribution is 0.312. The Balaban J connectivity index is 1.41. The normalized spacial score (nSPS) is 17.0. The summed E-state index contributed by atoms with van der Waals surface area (Å²) in [5.41, 5.74) is 7.40. The fourth-order valence-corrected chi connectivity index (χ4v) is 3.69. The third-order valence-corrected chi connectivity index (χ3v) is 5.40. The maximum Gasteiger partial charge on any atom is 0.130 e. The Hall–Kier alpha value is -3.65. The zero-order valence-corrected chi connectivity index (χ0v) is 16.9. The first-order chi connectivity index (χ1) is 14.8. The molecule has 8 nitrogen and oxygen atoms in total. The summed E-state index contributed by atoms with van der Waals surface area (Å²) in [5, 5.41) is 6.56. The molecule has 0 amide bonds. The van der Waals surface area contributed by atoms with E-state index >= 15 is 0 Å². The average molecular weight is 400 g/mol. The van der Waals surface area contributed by atoms with Gasteiger partial charge in [-0.25, -0.2) is 9.67 Å². The lowest BCUT2D eigenvalue weighted by atomic mass is 10.2. The molecular weight excluding hydrogens is 376 g/mol. The molecule has 0 atom stereocenters. The van der Waals surface area contributed by atoms with E-state index in [1.54, 1.807) is 12.4 Å². The number of pyridine rings is 2. The second-order valence-electron chi connectivity index (χ2n) is 7.40. The van der Waals surface area contributed by atoms with E-state index in [2.05, 4.69) is 43.4 Å². The molecule has 3 aromatic rings. The predicted octanol–water partition coefficient (Wildman–Crippen LogP) is 2.29. The van der Waals surface area contributed by atoms with Gasteiger partial charge >= 0.3 is 0 Å². The number of hydrogen-bond acceptors (Lipinski definition) is 7. The van der Waals surface area contributed by atoms with Gasteiger partial charge in [-0.1, -0.05) is 0 Å². The van der Waals surface area contributed by atoms with Gasteiger partial charge < -0.3 is 9.80 Å². The molecule has 0 radical (unpaired) electrons. The second kappa shape index (κ2) is 8.00. The molecule has 5 rings (SSSR count). The zero-order valence-electron chi connectivity index (χ0n) is 16.9. The molecule has 2 aliphatic rings. The van der Waals surface area contributed by atoms with Gasteiger partial charge in [0.2, 0.25) is 0 Å². The van der Waals surface area contributed by atoms with Crippen molar-refractivity contribution in [2.75, 3.05) is 43.1 Å². The highest BCUT2D eigenvalue weighted by Gasteiger charge is 2.18. The molecule has 30 heavy (non-hydrogen) atoms. The molecule has 8 heteroatoms. The van der Waals surface area contributed by atoms with Crippen molar-refractivity contribution in [1.29, 1.82) is 0 Å². The number of nitrogens with one attached hydrogen (secondary N) is 1. The summed E-state index contributed by atoms with van der Waals surface area (Å²) < 4.78 is 1.95. The number of likely N-dealkylation sites (N-methyl/N-ethyl adjacent to an activating group) is 1. The minimum Gasteiger partial charge on any atom is -0.354 e. The number of hydrazine groups is 1. The molecule has 0 unspecified atom stereocenters. The Bertz CT molecular complexity index is 1060. The number of hydrogen-bond donors (Lipinski definition) is 1. The van der Waals surface area contributed by atoms with Crippen LogP contribution in [0, 0.1) is 0 Å². The van der Waals surface area contributed by atoms with Crippen molar-refractivity contribution in [3.05, 3.63) is 79.2 Å². The van der Waals surface area contributed by atoms with Crippen molar-refractivity contribution in [1.82, 2.24) is 30.1 Å². The lowest BCUT2D eigenvalue weighted by Crippen LogP contribution is -2.44. The van der Waals surface area contributed by atoms with Gasteiger partial charge in [-0.3, -0.25) is 15.4 Å². The highest BCUT2D eigenvalue weighted by Crippen LogP contribution is 2.23. The van der Waals surface area contributed by atoms with Crippen LogP contribution in [0.2, 0.25) is 0 Å². The van der Waals surface area contributed by atoms with Crippen molar-refractivity contribution < 1.29 is 0 Å². The van der Waals surface area contributed by atoms with Crippen LogP contribution >= 0.6 is 0 Å². The molecule has 0 bridgehead atoms. The van der Waals surface area contributed by atoms with E-state index in [4.69, 9.17) is 0 Å². The number of piperazine rings is 1. The summed E-state index contributed by atoms with van der Waals surface area (Å²) in [4.78, 5) is 13.4. The molecule has 0 spiro atoms. The maximum absolute atomic E-state index is 4.60. The van der Waals surface area contributed by atoms with E-state index in [1.165, 1.54) is 0 Å². The fourth-order valence-electron chi connectivity index (χ4n) is 3.69. The predicted molar refractivity (Wildman–Crippen MR) is 118 cm³/mol. The topological polar surface area (TPSA) is 65.3 Å². The maximum atomic E-state index is 4.60. The molecule has 1 saturated heterocycles. The molecular formula is C22H24N8. The zero-order chi connectivity index (χ0) is 20.3. The van der Waals surface area contributed by atoms with Crippen molar-refractivity contribution in [3.8, 4) is 5.69 Å². The van der Waals surface area contributed by atoms with Gasteiger partial charge in [-0.2, -0.15) is 5.10 Å². The van der Waals surface area contributed by atoms with Crippen LogP contribution in [0.3, 0.4) is 0 Å². The van der Waals surface area contributed by atoms with Gasteiger partial charge in [0.15, 0.2) is 0 Å². The van der Waals surface area contributed by atoms with Crippen LogP contribution < -0.4 is 15.3 Å². The smallest absolute Gasteiger partial charge is 0.130 e. The van der Waals surface area contributed by atoms with Crippen molar-refractivity contribution in [2.24, 2.45) is 0 Å². The molecule has 0 saturated carbocycles. The molecule has 5 heterocycles. The van der Waals surface area contributed by atoms with Crippen LogP contribution in [0.15, 0.2) is 73.5 Å². The number of allylic oxidation sites excluding steroid dienone is 2. The Morgan fingerprint density at radius 1 is 0.900 bits per heavy atom. The van der Waals surface area contributed by atoms with E-state index < -0.39 is 0 Å². The van der Waals surface area contributed by atoms with Crippen LogP contribution in [0.4, 0.5) is 11.5 Å². The van der Waals surface area contributed by atoms with Gasteiger partial charge in [0.25, 0.3) is 0 Å². The SMILES string of the molecule is CN1CCN(c2cc(-n3nccc3C3=CC=CN(c4ccncc4)N3)ccn2)CC1. The third kappa shape index (κ3) is 3.65. The van der Waals surface area contributed by atoms with Gasteiger partial charge in [0.1, 0.15) is 5.82 Å². The van der Waals surface area contributed by atoms with Crippen molar-refractivity contribution in [2.45, 2.75) is 0 Å². The van der Waals surface area contributed by atoms with Crippen molar-refractivity contribution >= 4 is 17.2 Å². The first kappa shape index (κ1) is 18.4. The minimum absolute atomic E-state index is 0.963. The van der Waals surface area contributed by atoms with E-state index in [1.807, 2.05) is 64.7 Å². The number of anilines is 2. The second-order valence-corrected chi connectivity index (χ2v) is 7.40. The van der Waals surface area contributed by atoms with E-state index in [9.17, 15) is 0 Å². The summed E-state index contributed by atoms with van der Waals surface area (Å²) in [6.07, 6.45) is 13.3. The van der Waals surface area contributed by atoms with Gasteiger partial charge in [0, 0.05) is 57.0 Å². The molecule has 152 valence electrons. The monoisotopic (exact) mass is 400 g/mol. The minimum atomic E-state index is 0.963. The van der Waals surface area contributed by atoms with Crippen molar-refractivity contribution in [3.63, 3.8) is 0 Å². The molecule has 1 fully saturated rings. The quantitative estimate of drug-likeness (QED) is 0.721. The van der Waals surface area contributed by atoms with E-state index in [0.717, 1.165) is 54.8 Å². The molecule has 2 aliphatic heterocycles. The lowest BCUT2D eigenvalue weighted by Gasteiger charge is -2.33. The van der Waals surface area contributed by atoms with Gasteiger partial charge in [-0.15, -0.1) is 0 Å². The Labute approximate surface area is 175 Å². The van der Waals surface area contributed by atoms with Gasteiger partial charge in [-0.05, 0) is 43.5 Å². The van der Waals surface area contributed by atoms with Crippen LogP contribution in [0.5, 0.6) is 0 Å². The Morgan fingerprint density at radius 2 is 1.70 bits per heavy atom. The Kier molecular flexibility index (Phi) is 4.90. The first-order valence-corrected chi connectivity index (χ1v) is 10.1. The largest absolute Gasteiger partial charge is 0.354 e. The molecule has 0 aliphatic carbocycles. The Morgan fingerprint density at radius 3 is 2.53 bits per heavy atom. The highest BCUT2D eigenvalue weighted by atomic mass is 15.5. The number of nitrogens with zero attached hydrogens (tertiary/aromatic N) is 7. The summed E-state index contributed by atoms with van der Waals surface area (Å²) >= 11 is 0. The summed E-state index contributed by atoms with van der Waals surface area (Å²) in [7, 11) is 2.16. The average Bonchev–Trinajstić information content (AvgIpc) is 3.31. The summed E-state index contributed by atoms with van der Waals surface area (Å²) in [6, 6.07) is 10.0. The van der Waals surface area contributed by atoms with Crippen LogP contribution in [-0.4, -0.2) is 57.9 Å². The molecule has 0 aromatic carbocycles. The number of aromatic nitrogens is 4. The van der Waals surface area contributed by atoms with E-state index in [-0.39, 0.29) is 0 Å². The standard InChI is InChI=1S/C22H24N8/c1-27-13-15-28(16-14-27)22-17-19(6-10-24-22)30-21(7-11-25-30)20-3-2-12-29(26-20)18-4-8-23-9-5-18/h2-12,17,26H,13-16H2,1H3. The van der Waals surface area contributed by atoms with Crippen LogP contribution in [-0.2, 0) is 0 Å². The summed E-state index contributed by atoms with van der Waals surface area (Å²) in [6.45, 7) is 4.06. The first-order valence-electron chi connectivity index (χ1n) is 10.1. The molecule has 3 aromatic heterocycles.